The maximum absolute atomic E-state index is 2.58. The first-order valence-corrected chi connectivity index (χ1v) is 7.35. The van der Waals surface area contributed by atoms with Crippen molar-refractivity contribution < 1.29 is 5.48 Å². The number of nitrogens with zero attached hydrogens (tertiary/aromatic N) is 2. The van der Waals surface area contributed by atoms with Gasteiger partial charge in [0.15, 0.2) is 0 Å². The molecule has 6 saturated heterocycles. The molecule has 116 valence electrons. The molecule has 3 nitrogen and oxygen atoms in total. The second kappa shape index (κ2) is 9.41. The Bertz CT molecular complexity index is 157. The van der Waals surface area contributed by atoms with Gasteiger partial charge in [0.2, 0.25) is 0 Å². The molecule has 6 fully saturated rings. The highest BCUT2D eigenvalue weighted by Crippen LogP contribution is 2.26. The smallest absolute Gasteiger partial charge is 0.00161 e. The Kier molecular flexibility index (Phi) is 9.63. The van der Waals surface area contributed by atoms with Crippen LogP contribution < -0.4 is 0 Å². The third-order valence-electron chi connectivity index (χ3n) is 5.12. The molecular weight excluding hydrogens is 283 g/mol. The Labute approximate surface area is 130 Å². The summed E-state index contributed by atoms with van der Waals surface area (Å²) in [7, 11) is 0. The lowest BCUT2D eigenvalue weighted by Crippen LogP contribution is -2.41. The summed E-state index contributed by atoms with van der Waals surface area (Å²) in [5.74, 6) is 2.22. The molecule has 6 aliphatic heterocycles. The van der Waals surface area contributed by atoms with E-state index in [2.05, 4.69) is 9.80 Å². The summed E-state index contributed by atoms with van der Waals surface area (Å²) in [4.78, 5) is 5.17. The number of halogens is 2. The van der Waals surface area contributed by atoms with Crippen LogP contribution >= 0.6 is 24.8 Å². The van der Waals surface area contributed by atoms with E-state index in [9.17, 15) is 0 Å². The molecule has 4 bridgehead atoms. The number of piperidine rings is 6. The van der Waals surface area contributed by atoms with Crippen LogP contribution in [-0.4, -0.2) is 54.5 Å². The van der Waals surface area contributed by atoms with Crippen LogP contribution in [0.2, 0.25) is 0 Å². The monoisotopic (exact) mass is 312 g/mol. The van der Waals surface area contributed by atoms with E-state index in [0.717, 1.165) is 11.8 Å². The molecule has 2 N–H and O–H groups in total. The molecule has 19 heavy (non-hydrogen) atoms. The maximum Gasteiger partial charge on any atom is -0.00161 e. The van der Waals surface area contributed by atoms with Crippen molar-refractivity contribution in [3.8, 4) is 0 Å². The maximum atomic E-state index is 2.58. The molecule has 0 aliphatic carbocycles. The molecule has 0 aromatic rings. The highest BCUT2D eigenvalue weighted by Gasteiger charge is 2.25. The zero-order valence-electron chi connectivity index (χ0n) is 11.9. The van der Waals surface area contributed by atoms with Gasteiger partial charge in [-0.1, -0.05) is 0 Å². The minimum Gasteiger partial charge on any atom is -0.412 e. The van der Waals surface area contributed by atoms with E-state index in [-0.39, 0.29) is 30.3 Å². The van der Waals surface area contributed by atoms with Crippen molar-refractivity contribution in [3.05, 3.63) is 0 Å². The molecule has 0 atom stereocenters. The molecule has 0 aromatic carbocycles. The van der Waals surface area contributed by atoms with Crippen LogP contribution in [0.25, 0.3) is 0 Å². The van der Waals surface area contributed by atoms with Gasteiger partial charge in [-0.15, -0.1) is 24.8 Å². The number of hydrogen-bond donors (Lipinski definition) is 0. The van der Waals surface area contributed by atoms with Crippen molar-refractivity contribution in [2.24, 2.45) is 11.8 Å². The lowest BCUT2D eigenvalue weighted by atomic mass is 9.89. The molecule has 0 unspecified atom stereocenters. The molecule has 5 heteroatoms. The van der Waals surface area contributed by atoms with Crippen molar-refractivity contribution in [3.63, 3.8) is 0 Å². The molecule has 0 amide bonds. The van der Waals surface area contributed by atoms with Gasteiger partial charge in [0, 0.05) is 0 Å². The average Bonchev–Trinajstić information content (AvgIpc) is 2.44. The van der Waals surface area contributed by atoms with Gasteiger partial charge in [-0.2, -0.15) is 0 Å². The Morgan fingerprint density at radius 1 is 0.474 bits per heavy atom. The summed E-state index contributed by atoms with van der Waals surface area (Å²) >= 11 is 0. The van der Waals surface area contributed by atoms with E-state index >= 15 is 0 Å². The number of rotatable bonds is 0. The molecule has 6 rings (SSSR count). The second-order valence-corrected chi connectivity index (χ2v) is 6.15. The fourth-order valence-electron chi connectivity index (χ4n) is 3.73. The van der Waals surface area contributed by atoms with Crippen molar-refractivity contribution >= 4 is 24.8 Å². The third kappa shape index (κ3) is 5.39. The van der Waals surface area contributed by atoms with Crippen molar-refractivity contribution in [2.45, 2.75) is 38.5 Å². The standard InChI is InChI=1S/2C7H13N.2ClH.H2O/c2*1-4-8-5-2-7(1)3-6-8;;;/h2*7H,1-6H2;2*1H;1H2. The van der Waals surface area contributed by atoms with Gasteiger partial charge in [0.05, 0.1) is 0 Å². The topological polar surface area (TPSA) is 38.0 Å². The van der Waals surface area contributed by atoms with E-state index in [4.69, 9.17) is 0 Å². The van der Waals surface area contributed by atoms with Gasteiger partial charge < -0.3 is 15.3 Å². The van der Waals surface area contributed by atoms with E-state index in [1.807, 2.05) is 0 Å². The summed E-state index contributed by atoms with van der Waals surface area (Å²) in [6.07, 6.45) is 8.92. The van der Waals surface area contributed by atoms with E-state index < -0.39 is 0 Å². The fraction of sp³-hybridized carbons (Fsp3) is 1.00. The highest BCUT2D eigenvalue weighted by molar-refractivity contribution is 5.85. The van der Waals surface area contributed by atoms with E-state index in [0.29, 0.717) is 0 Å². The van der Waals surface area contributed by atoms with Crippen molar-refractivity contribution in [2.75, 3.05) is 39.3 Å². The molecule has 0 aromatic heterocycles. The lowest BCUT2D eigenvalue weighted by molar-refractivity contribution is 0.111. The summed E-state index contributed by atoms with van der Waals surface area (Å²) in [6, 6.07) is 0. The van der Waals surface area contributed by atoms with Crippen LogP contribution in [0.5, 0.6) is 0 Å². The van der Waals surface area contributed by atoms with Gasteiger partial charge >= 0.3 is 0 Å². The third-order valence-corrected chi connectivity index (χ3v) is 5.12. The van der Waals surface area contributed by atoms with Crippen molar-refractivity contribution in [1.82, 2.24) is 9.80 Å². The van der Waals surface area contributed by atoms with Gasteiger partial charge in [0.1, 0.15) is 0 Å². The largest absolute Gasteiger partial charge is 0.412 e. The first-order valence-electron chi connectivity index (χ1n) is 7.35. The quantitative estimate of drug-likeness (QED) is 0.688. The molecule has 6 aliphatic rings. The zero-order valence-corrected chi connectivity index (χ0v) is 13.5. The summed E-state index contributed by atoms with van der Waals surface area (Å²) < 4.78 is 0. The van der Waals surface area contributed by atoms with Crippen LogP contribution in [-0.2, 0) is 0 Å². The first kappa shape index (κ1) is 19.5. The average molecular weight is 313 g/mol. The minimum atomic E-state index is 0. The van der Waals surface area contributed by atoms with Crippen LogP contribution in [0.1, 0.15) is 38.5 Å². The number of fused-ring (bicyclic) bond motifs is 6. The zero-order chi connectivity index (χ0) is 10.8. The van der Waals surface area contributed by atoms with Gasteiger partial charge in [0.25, 0.3) is 0 Å². The predicted octanol–water partition coefficient (Wildman–Crippen LogP) is 2.22. The van der Waals surface area contributed by atoms with Gasteiger partial charge in [-0.05, 0) is 89.6 Å². The first-order chi connectivity index (χ1) is 7.90. The van der Waals surface area contributed by atoms with Gasteiger partial charge in [-0.3, -0.25) is 0 Å². The lowest BCUT2D eigenvalue weighted by Gasteiger charge is -2.38. The van der Waals surface area contributed by atoms with Crippen LogP contribution in [0.4, 0.5) is 0 Å². The molecule has 6 heterocycles. The second-order valence-electron chi connectivity index (χ2n) is 6.15. The minimum absolute atomic E-state index is 0. The van der Waals surface area contributed by atoms with Crippen LogP contribution in [0.3, 0.4) is 0 Å². The van der Waals surface area contributed by atoms with Crippen LogP contribution in [0.15, 0.2) is 0 Å². The van der Waals surface area contributed by atoms with E-state index in [1.54, 1.807) is 0 Å². The Morgan fingerprint density at radius 2 is 0.684 bits per heavy atom. The predicted molar refractivity (Wildman–Crippen MR) is 85.7 cm³/mol. The summed E-state index contributed by atoms with van der Waals surface area (Å²) in [5, 5.41) is 0. The number of hydrogen-bond acceptors (Lipinski definition) is 2. The SMILES string of the molecule is C1CN2CCC1CC2.C1CN2CCC1CC2.Cl.Cl.O. The van der Waals surface area contributed by atoms with Crippen LogP contribution in [0, 0.1) is 11.8 Å². The summed E-state index contributed by atoms with van der Waals surface area (Å²) in [5.41, 5.74) is 0. The van der Waals surface area contributed by atoms with Gasteiger partial charge in [-0.25, -0.2) is 0 Å². The van der Waals surface area contributed by atoms with Crippen molar-refractivity contribution in [1.29, 1.82) is 0 Å². The molecule has 0 spiro atoms. The summed E-state index contributed by atoms with van der Waals surface area (Å²) in [6.45, 7) is 8.36. The highest BCUT2D eigenvalue weighted by atomic mass is 35.5. The van der Waals surface area contributed by atoms with E-state index in [1.165, 1.54) is 77.8 Å². The normalized spacial score (nSPS) is 37.9. The Balaban J connectivity index is 0.000000295. The molecule has 0 saturated carbocycles. The molecule has 0 radical (unpaired) electrons. The Hall–Kier alpha value is 0.460. The fourth-order valence-corrected chi connectivity index (χ4v) is 3.73. The Morgan fingerprint density at radius 3 is 0.737 bits per heavy atom. The molecular formula is C14H30Cl2N2O.